The van der Waals surface area contributed by atoms with Crippen LogP contribution in [0.5, 0.6) is 5.75 Å². The lowest BCUT2D eigenvalue weighted by atomic mass is 10.2. The molecule has 0 aliphatic rings. The summed E-state index contributed by atoms with van der Waals surface area (Å²) in [5.41, 5.74) is 0.637. The summed E-state index contributed by atoms with van der Waals surface area (Å²) in [6.45, 7) is 0. The molecular weight excluding hydrogens is 337 g/mol. The second kappa shape index (κ2) is 6.63. The zero-order valence-corrected chi connectivity index (χ0v) is 12.6. The Morgan fingerprint density at radius 3 is 2.44 bits per heavy atom. The average molecular weight is 348 g/mol. The number of ether oxygens (including phenoxy) is 1. The van der Waals surface area contributed by atoms with Crippen LogP contribution in [0.25, 0.3) is 5.82 Å². The van der Waals surface area contributed by atoms with Gasteiger partial charge in [-0.25, -0.2) is 9.97 Å². The van der Waals surface area contributed by atoms with Crippen molar-refractivity contribution in [2.24, 2.45) is 0 Å². The van der Waals surface area contributed by atoms with E-state index in [-0.39, 0.29) is 5.75 Å². The normalized spacial score (nSPS) is 11.2. The number of anilines is 1. The quantitative estimate of drug-likeness (QED) is 0.784. The van der Waals surface area contributed by atoms with E-state index in [0.717, 1.165) is 12.1 Å². The van der Waals surface area contributed by atoms with Gasteiger partial charge >= 0.3 is 6.36 Å². The summed E-state index contributed by atoms with van der Waals surface area (Å²) < 4.78 is 41.8. The minimum absolute atomic E-state index is 0.305. The number of rotatable bonds is 4. The van der Waals surface area contributed by atoms with Gasteiger partial charge in [-0.15, -0.1) is 13.2 Å². The van der Waals surface area contributed by atoms with Crippen molar-refractivity contribution in [3.8, 4) is 11.6 Å². The van der Waals surface area contributed by atoms with Crippen molar-refractivity contribution >= 4 is 11.6 Å². The van der Waals surface area contributed by atoms with Crippen LogP contribution in [0.2, 0.25) is 0 Å². The van der Waals surface area contributed by atoms with Gasteiger partial charge in [0.25, 0.3) is 5.91 Å². The fraction of sp³-hybridized carbons (Fsp3) is 0.0625. The number of halogens is 3. The summed E-state index contributed by atoms with van der Waals surface area (Å²) in [5.74, 6) is -0.200. The van der Waals surface area contributed by atoms with E-state index in [4.69, 9.17) is 0 Å². The van der Waals surface area contributed by atoms with Gasteiger partial charge in [-0.05, 0) is 36.4 Å². The molecule has 0 aliphatic carbocycles. The van der Waals surface area contributed by atoms with E-state index in [2.05, 4.69) is 20.0 Å². The Hall–Kier alpha value is -3.36. The molecule has 0 radical (unpaired) electrons. The molecule has 0 fully saturated rings. The van der Waals surface area contributed by atoms with Crippen molar-refractivity contribution < 1.29 is 22.7 Å². The summed E-state index contributed by atoms with van der Waals surface area (Å²) in [6.07, 6.45) is 1.53. The van der Waals surface area contributed by atoms with Crippen LogP contribution in [0.1, 0.15) is 10.4 Å². The second-order valence-electron chi connectivity index (χ2n) is 4.90. The van der Waals surface area contributed by atoms with Crippen LogP contribution >= 0.6 is 0 Å². The average Bonchev–Trinajstić information content (AvgIpc) is 3.10. The number of imidazole rings is 1. The van der Waals surface area contributed by atoms with Gasteiger partial charge in [-0.2, -0.15) is 0 Å². The molecule has 3 rings (SSSR count). The Morgan fingerprint density at radius 1 is 1.12 bits per heavy atom. The lowest BCUT2D eigenvalue weighted by Gasteiger charge is -2.10. The van der Waals surface area contributed by atoms with Gasteiger partial charge < -0.3 is 10.1 Å². The first-order chi connectivity index (χ1) is 11.9. The van der Waals surface area contributed by atoms with E-state index in [1.807, 2.05) is 0 Å². The monoisotopic (exact) mass is 348 g/mol. The van der Waals surface area contributed by atoms with E-state index in [0.29, 0.717) is 17.1 Å². The molecule has 1 amide bonds. The molecule has 0 saturated heterocycles. The molecule has 1 aromatic carbocycles. The molecular formula is C16H11F3N4O2. The summed E-state index contributed by atoms with van der Waals surface area (Å²) in [6, 6.07) is 8.08. The molecule has 128 valence electrons. The van der Waals surface area contributed by atoms with Gasteiger partial charge in [0.15, 0.2) is 0 Å². The van der Waals surface area contributed by atoms with Gasteiger partial charge in [-0.1, -0.05) is 0 Å². The van der Waals surface area contributed by atoms with Crippen molar-refractivity contribution in [3.05, 3.63) is 66.9 Å². The predicted octanol–water partition coefficient (Wildman–Crippen LogP) is 3.42. The topological polar surface area (TPSA) is 69.0 Å². The molecule has 0 aliphatic heterocycles. The maximum atomic E-state index is 12.1. The van der Waals surface area contributed by atoms with Crippen LogP contribution in [0.4, 0.5) is 18.9 Å². The lowest BCUT2D eigenvalue weighted by molar-refractivity contribution is -0.274. The number of nitrogens with zero attached hydrogens (tertiary/aromatic N) is 3. The van der Waals surface area contributed by atoms with Gasteiger partial charge in [0.1, 0.15) is 17.9 Å². The number of carbonyl (C=O) groups is 1. The molecule has 2 aromatic heterocycles. The molecule has 1 N–H and O–H groups in total. The SMILES string of the molecule is O=C(Nc1ccc(OC(F)(F)F)cc1)c1ccc(-n2ccnc2)nc1. The molecule has 2 heterocycles. The number of carbonyl (C=O) groups excluding carboxylic acids is 1. The Morgan fingerprint density at radius 2 is 1.88 bits per heavy atom. The van der Waals surface area contributed by atoms with E-state index in [1.165, 1.54) is 18.3 Å². The third-order valence-electron chi connectivity index (χ3n) is 3.12. The number of nitrogens with one attached hydrogen (secondary N) is 1. The first-order valence-corrected chi connectivity index (χ1v) is 7.02. The van der Waals surface area contributed by atoms with Crippen LogP contribution in [0.3, 0.4) is 0 Å². The molecule has 0 spiro atoms. The highest BCUT2D eigenvalue weighted by Crippen LogP contribution is 2.24. The summed E-state index contributed by atoms with van der Waals surface area (Å²) in [7, 11) is 0. The Kier molecular flexibility index (Phi) is 4.38. The zero-order chi connectivity index (χ0) is 17.9. The number of pyridine rings is 1. The van der Waals surface area contributed by atoms with Crippen molar-refractivity contribution in [3.63, 3.8) is 0 Å². The van der Waals surface area contributed by atoms with Gasteiger partial charge in [0.05, 0.1) is 5.56 Å². The van der Waals surface area contributed by atoms with Crippen molar-refractivity contribution in [2.75, 3.05) is 5.32 Å². The molecule has 9 heteroatoms. The highest BCUT2D eigenvalue weighted by Gasteiger charge is 2.30. The maximum Gasteiger partial charge on any atom is 0.573 e. The van der Waals surface area contributed by atoms with Crippen molar-refractivity contribution in [1.29, 1.82) is 0 Å². The summed E-state index contributed by atoms with van der Waals surface area (Å²) in [4.78, 5) is 20.2. The van der Waals surface area contributed by atoms with Crippen LogP contribution < -0.4 is 10.1 Å². The Balaban J connectivity index is 1.66. The lowest BCUT2D eigenvalue weighted by Crippen LogP contribution is -2.17. The fourth-order valence-corrected chi connectivity index (χ4v) is 2.01. The minimum atomic E-state index is -4.76. The molecule has 3 aromatic rings. The Bertz CT molecular complexity index is 845. The van der Waals surface area contributed by atoms with Crippen molar-refractivity contribution in [1.82, 2.24) is 14.5 Å². The zero-order valence-electron chi connectivity index (χ0n) is 12.6. The largest absolute Gasteiger partial charge is 0.573 e. The maximum absolute atomic E-state index is 12.1. The van der Waals surface area contributed by atoms with Gasteiger partial charge in [0, 0.05) is 24.3 Å². The van der Waals surface area contributed by atoms with Gasteiger partial charge in [-0.3, -0.25) is 9.36 Å². The molecule has 25 heavy (non-hydrogen) atoms. The highest BCUT2D eigenvalue weighted by atomic mass is 19.4. The smallest absolute Gasteiger partial charge is 0.406 e. The third-order valence-corrected chi connectivity index (χ3v) is 3.12. The van der Waals surface area contributed by atoms with Crippen molar-refractivity contribution in [2.45, 2.75) is 6.36 Å². The van der Waals surface area contributed by atoms with E-state index in [9.17, 15) is 18.0 Å². The number of hydrogen-bond acceptors (Lipinski definition) is 4. The molecule has 0 saturated carbocycles. The van der Waals surface area contributed by atoms with E-state index >= 15 is 0 Å². The Labute approximate surface area is 139 Å². The summed E-state index contributed by atoms with van der Waals surface area (Å²) >= 11 is 0. The van der Waals surface area contributed by atoms with Crippen LogP contribution in [-0.4, -0.2) is 26.8 Å². The predicted molar refractivity (Wildman–Crippen MR) is 82.4 cm³/mol. The minimum Gasteiger partial charge on any atom is -0.406 e. The van der Waals surface area contributed by atoms with Crippen LogP contribution in [-0.2, 0) is 0 Å². The number of benzene rings is 1. The fourth-order valence-electron chi connectivity index (χ4n) is 2.01. The number of aromatic nitrogens is 3. The molecule has 0 unspecified atom stereocenters. The third kappa shape index (κ3) is 4.34. The molecule has 0 atom stereocenters. The van der Waals surface area contributed by atoms with E-state index < -0.39 is 12.3 Å². The number of amides is 1. The van der Waals surface area contributed by atoms with Crippen LogP contribution in [0.15, 0.2) is 61.3 Å². The van der Waals surface area contributed by atoms with Gasteiger partial charge in [0.2, 0.25) is 0 Å². The first kappa shape index (κ1) is 16.5. The molecule has 6 nitrogen and oxygen atoms in total. The van der Waals surface area contributed by atoms with Crippen LogP contribution in [0, 0.1) is 0 Å². The number of alkyl halides is 3. The van der Waals surface area contributed by atoms with E-state index in [1.54, 1.807) is 35.4 Å². The molecule has 0 bridgehead atoms. The first-order valence-electron chi connectivity index (χ1n) is 7.02. The second-order valence-corrected chi connectivity index (χ2v) is 4.90. The summed E-state index contributed by atoms with van der Waals surface area (Å²) in [5, 5.41) is 2.57. The standard InChI is InChI=1S/C16H11F3N4O2/c17-16(18,19)25-13-4-2-12(3-5-13)22-15(24)11-1-6-14(21-9-11)23-8-7-20-10-23/h1-10H,(H,22,24). The highest BCUT2D eigenvalue weighted by molar-refractivity contribution is 6.04. The number of hydrogen-bond donors (Lipinski definition) is 1.